The molecule has 0 saturated heterocycles. The zero-order valence-electron chi connectivity index (χ0n) is 15.4. The van der Waals surface area contributed by atoms with Gasteiger partial charge in [0.05, 0.1) is 11.7 Å². The molecular formula is C18H24N4O3S. The van der Waals surface area contributed by atoms with E-state index in [9.17, 15) is 9.59 Å². The van der Waals surface area contributed by atoms with Crippen molar-refractivity contribution in [2.45, 2.75) is 38.8 Å². The molecule has 0 aliphatic rings. The Morgan fingerprint density at radius 3 is 2.81 bits per heavy atom. The second-order valence-corrected chi connectivity index (χ2v) is 7.73. The van der Waals surface area contributed by atoms with E-state index in [0.29, 0.717) is 23.5 Å². The molecule has 2 heterocycles. The van der Waals surface area contributed by atoms with Crippen molar-refractivity contribution < 1.29 is 9.53 Å². The van der Waals surface area contributed by atoms with Crippen LogP contribution in [-0.4, -0.2) is 38.7 Å². The third-order valence-corrected chi connectivity index (χ3v) is 4.00. The van der Waals surface area contributed by atoms with Crippen LogP contribution in [0.4, 0.5) is 4.79 Å². The summed E-state index contributed by atoms with van der Waals surface area (Å²) in [5, 5.41) is 2.83. The number of carbonyl (C=O) groups is 1. The SMILES string of the molecule is CSCC[C@H](NC(=O)OC(C)(C)C)c1cc(=O)[nH]c(-c2cccnc2)n1. The third kappa shape index (κ3) is 6.18. The van der Waals surface area contributed by atoms with Crippen molar-refractivity contribution in [1.82, 2.24) is 20.3 Å². The number of nitrogens with zero attached hydrogens (tertiary/aromatic N) is 2. The Balaban J connectivity index is 2.31. The molecular weight excluding hydrogens is 352 g/mol. The highest BCUT2D eigenvalue weighted by atomic mass is 32.2. The number of hydrogen-bond donors (Lipinski definition) is 2. The summed E-state index contributed by atoms with van der Waals surface area (Å²) in [6.45, 7) is 5.40. The van der Waals surface area contributed by atoms with Gasteiger partial charge in [-0.3, -0.25) is 9.78 Å². The molecule has 7 nitrogen and oxygen atoms in total. The van der Waals surface area contributed by atoms with Crippen LogP contribution in [0.25, 0.3) is 11.4 Å². The van der Waals surface area contributed by atoms with E-state index < -0.39 is 17.7 Å². The Morgan fingerprint density at radius 2 is 2.19 bits per heavy atom. The first-order valence-corrected chi connectivity index (χ1v) is 9.68. The van der Waals surface area contributed by atoms with E-state index in [-0.39, 0.29) is 5.56 Å². The Bertz CT molecular complexity index is 787. The third-order valence-electron chi connectivity index (χ3n) is 3.36. The summed E-state index contributed by atoms with van der Waals surface area (Å²) in [5.74, 6) is 1.22. The standard InChI is InChI=1S/C18H24N4O3S/c1-18(2,3)25-17(24)21-13(7-9-26-4)14-10-15(23)22-16(20-14)12-6-5-8-19-11-12/h5-6,8,10-11,13H,7,9H2,1-4H3,(H,21,24)(H,20,22,23)/t13-/m0/s1. The van der Waals surface area contributed by atoms with Crippen molar-refractivity contribution >= 4 is 17.9 Å². The molecule has 0 spiro atoms. The van der Waals surface area contributed by atoms with Crippen LogP contribution in [0.1, 0.15) is 38.9 Å². The smallest absolute Gasteiger partial charge is 0.408 e. The normalized spacial score (nSPS) is 12.5. The van der Waals surface area contributed by atoms with Gasteiger partial charge in [-0.25, -0.2) is 9.78 Å². The first-order chi connectivity index (χ1) is 12.3. The lowest BCUT2D eigenvalue weighted by atomic mass is 10.1. The summed E-state index contributed by atoms with van der Waals surface area (Å²) in [6, 6.07) is 4.57. The topological polar surface area (TPSA) is 97.0 Å². The van der Waals surface area contributed by atoms with Crippen LogP contribution in [0.5, 0.6) is 0 Å². The molecule has 1 amide bonds. The number of amides is 1. The van der Waals surface area contributed by atoms with Crippen molar-refractivity contribution in [1.29, 1.82) is 0 Å². The van der Waals surface area contributed by atoms with E-state index in [1.807, 2.05) is 12.3 Å². The van der Waals surface area contributed by atoms with Crippen LogP contribution in [0.15, 0.2) is 35.4 Å². The Hall–Kier alpha value is -2.35. The van der Waals surface area contributed by atoms with Gasteiger partial charge < -0.3 is 15.0 Å². The number of hydrogen-bond acceptors (Lipinski definition) is 6. The molecule has 0 aliphatic carbocycles. The molecule has 26 heavy (non-hydrogen) atoms. The number of thioether (sulfide) groups is 1. The van der Waals surface area contributed by atoms with Crippen molar-refractivity contribution in [3.63, 3.8) is 0 Å². The fourth-order valence-corrected chi connectivity index (χ4v) is 2.75. The van der Waals surface area contributed by atoms with Crippen LogP contribution >= 0.6 is 11.8 Å². The lowest BCUT2D eigenvalue weighted by Crippen LogP contribution is -2.36. The van der Waals surface area contributed by atoms with Crippen LogP contribution in [0.2, 0.25) is 0 Å². The van der Waals surface area contributed by atoms with Gasteiger partial charge in [-0.1, -0.05) is 0 Å². The van der Waals surface area contributed by atoms with Gasteiger partial charge in [-0.15, -0.1) is 0 Å². The molecule has 2 aromatic heterocycles. The maximum Gasteiger partial charge on any atom is 0.408 e. The number of pyridine rings is 1. The van der Waals surface area contributed by atoms with E-state index in [2.05, 4.69) is 20.3 Å². The maximum absolute atomic E-state index is 12.2. The predicted molar refractivity (Wildman–Crippen MR) is 103 cm³/mol. The van der Waals surface area contributed by atoms with Crippen molar-refractivity contribution in [2.24, 2.45) is 0 Å². The van der Waals surface area contributed by atoms with Crippen LogP contribution in [0, 0.1) is 0 Å². The van der Waals surface area contributed by atoms with Gasteiger partial charge in [0.2, 0.25) is 0 Å². The van der Waals surface area contributed by atoms with Crippen LogP contribution < -0.4 is 10.9 Å². The fourth-order valence-electron chi connectivity index (χ4n) is 2.27. The average molecular weight is 376 g/mol. The molecule has 0 fully saturated rings. The van der Waals surface area contributed by atoms with E-state index >= 15 is 0 Å². The van der Waals surface area contributed by atoms with Gasteiger partial charge in [-0.05, 0) is 51.3 Å². The molecule has 0 saturated carbocycles. The van der Waals surface area contributed by atoms with Crippen LogP contribution in [0.3, 0.4) is 0 Å². The minimum atomic E-state index is -0.601. The molecule has 0 aliphatic heterocycles. The van der Waals surface area contributed by atoms with Crippen LogP contribution in [-0.2, 0) is 4.74 Å². The molecule has 0 bridgehead atoms. The Labute approximate surface area is 157 Å². The number of aromatic nitrogens is 3. The zero-order valence-corrected chi connectivity index (χ0v) is 16.2. The molecule has 8 heteroatoms. The summed E-state index contributed by atoms with van der Waals surface area (Å²) >= 11 is 1.65. The first-order valence-electron chi connectivity index (χ1n) is 8.28. The highest BCUT2D eigenvalue weighted by molar-refractivity contribution is 7.98. The Kier molecular flexibility index (Phi) is 6.79. The molecule has 140 valence electrons. The van der Waals surface area contributed by atoms with Gasteiger partial charge in [-0.2, -0.15) is 11.8 Å². The van der Waals surface area contributed by atoms with E-state index in [1.54, 1.807) is 51.0 Å². The van der Waals surface area contributed by atoms with E-state index in [0.717, 1.165) is 5.75 Å². The average Bonchev–Trinajstić information content (AvgIpc) is 2.57. The quantitative estimate of drug-likeness (QED) is 0.804. The zero-order chi connectivity index (χ0) is 19.2. The molecule has 0 radical (unpaired) electrons. The minimum Gasteiger partial charge on any atom is -0.444 e. The highest BCUT2D eigenvalue weighted by Gasteiger charge is 2.22. The number of H-pyrrole nitrogens is 1. The lowest BCUT2D eigenvalue weighted by Gasteiger charge is -2.23. The van der Waals surface area contributed by atoms with E-state index in [1.165, 1.54) is 6.07 Å². The second-order valence-electron chi connectivity index (χ2n) is 6.74. The predicted octanol–water partition coefficient (Wildman–Crippen LogP) is 3.15. The molecule has 0 aromatic carbocycles. The molecule has 2 rings (SSSR count). The number of carbonyl (C=O) groups excluding carboxylic acids is 1. The maximum atomic E-state index is 12.2. The Morgan fingerprint density at radius 1 is 1.42 bits per heavy atom. The molecule has 0 unspecified atom stereocenters. The van der Waals surface area contributed by atoms with Gasteiger partial charge in [0.25, 0.3) is 5.56 Å². The lowest BCUT2D eigenvalue weighted by molar-refractivity contribution is 0.0501. The number of ether oxygens (including phenoxy) is 1. The van der Waals surface area contributed by atoms with Gasteiger partial charge in [0, 0.05) is 24.0 Å². The molecule has 2 aromatic rings. The summed E-state index contributed by atoms with van der Waals surface area (Å²) < 4.78 is 5.33. The summed E-state index contributed by atoms with van der Waals surface area (Å²) in [7, 11) is 0. The first kappa shape index (κ1) is 20.0. The molecule has 1 atom stereocenters. The number of alkyl carbamates (subject to hydrolysis) is 1. The van der Waals surface area contributed by atoms with Gasteiger partial charge >= 0.3 is 6.09 Å². The van der Waals surface area contributed by atoms with E-state index in [4.69, 9.17) is 4.74 Å². The van der Waals surface area contributed by atoms with Gasteiger partial charge in [0.1, 0.15) is 11.4 Å². The molecule has 2 N–H and O–H groups in total. The fraction of sp³-hybridized carbons (Fsp3) is 0.444. The summed E-state index contributed by atoms with van der Waals surface area (Å²) in [5.41, 5.74) is 0.310. The summed E-state index contributed by atoms with van der Waals surface area (Å²) in [4.78, 5) is 35.6. The monoisotopic (exact) mass is 376 g/mol. The largest absolute Gasteiger partial charge is 0.444 e. The van der Waals surface area contributed by atoms with Crippen molar-refractivity contribution in [3.05, 3.63) is 46.6 Å². The number of rotatable bonds is 6. The number of aromatic amines is 1. The van der Waals surface area contributed by atoms with Gasteiger partial charge in [0.15, 0.2) is 0 Å². The minimum absolute atomic E-state index is 0.283. The van der Waals surface area contributed by atoms with Crippen molar-refractivity contribution in [2.75, 3.05) is 12.0 Å². The highest BCUT2D eigenvalue weighted by Crippen LogP contribution is 2.20. The van der Waals surface area contributed by atoms with Crippen molar-refractivity contribution in [3.8, 4) is 11.4 Å². The number of nitrogens with one attached hydrogen (secondary N) is 2. The summed E-state index contributed by atoms with van der Waals surface area (Å²) in [6.07, 6.45) is 5.35. The second kappa shape index (κ2) is 8.84.